The molecule has 0 radical (unpaired) electrons. The number of carbonyl (C=O) groups excluding carboxylic acids is 1. The van der Waals surface area contributed by atoms with Crippen LogP contribution in [0.25, 0.3) is 0 Å². The first-order valence-electron chi connectivity index (χ1n) is 4.17. The summed E-state index contributed by atoms with van der Waals surface area (Å²) in [4.78, 5) is 13.2. The van der Waals surface area contributed by atoms with Gasteiger partial charge in [-0.1, -0.05) is 6.42 Å². The molecule has 2 unspecified atom stereocenters. The van der Waals surface area contributed by atoms with Crippen molar-refractivity contribution in [2.24, 2.45) is 10.9 Å². The van der Waals surface area contributed by atoms with Crippen molar-refractivity contribution in [1.82, 2.24) is 0 Å². The van der Waals surface area contributed by atoms with Crippen molar-refractivity contribution < 1.29 is 18.0 Å². The fourth-order valence-electron chi connectivity index (χ4n) is 1.65. The van der Waals surface area contributed by atoms with E-state index >= 15 is 0 Å². The highest BCUT2D eigenvalue weighted by Crippen LogP contribution is 2.38. The van der Waals surface area contributed by atoms with Crippen LogP contribution in [0.15, 0.2) is 4.99 Å². The molecule has 0 N–H and O–H groups in total. The molecule has 1 aliphatic rings. The van der Waals surface area contributed by atoms with Crippen LogP contribution in [0.1, 0.15) is 25.7 Å². The van der Waals surface area contributed by atoms with Gasteiger partial charge >= 0.3 is 6.18 Å². The van der Waals surface area contributed by atoms with Crippen LogP contribution < -0.4 is 0 Å². The standard InChI is InChI=1S/C8H10F3NO/c9-8(10,11)6-2-1-3-7(4-6)12-5-13/h6-7H,1-4H2. The van der Waals surface area contributed by atoms with E-state index in [9.17, 15) is 18.0 Å². The van der Waals surface area contributed by atoms with Gasteiger partial charge in [0.25, 0.3) is 0 Å². The molecule has 5 heteroatoms. The van der Waals surface area contributed by atoms with Gasteiger partial charge in [-0.15, -0.1) is 0 Å². The van der Waals surface area contributed by atoms with Crippen LogP contribution in [0.4, 0.5) is 13.2 Å². The monoisotopic (exact) mass is 193 g/mol. The number of aliphatic imine (C=N–C) groups is 1. The first-order valence-corrected chi connectivity index (χ1v) is 4.17. The molecule has 0 aromatic rings. The van der Waals surface area contributed by atoms with Crippen LogP contribution in [0.5, 0.6) is 0 Å². The fourth-order valence-corrected chi connectivity index (χ4v) is 1.65. The summed E-state index contributed by atoms with van der Waals surface area (Å²) >= 11 is 0. The summed E-state index contributed by atoms with van der Waals surface area (Å²) in [5.74, 6) is -1.29. The van der Waals surface area contributed by atoms with Crippen molar-refractivity contribution >= 4 is 6.08 Å². The van der Waals surface area contributed by atoms with Gasteiger partial charge in [-0.05, 0) is 19.3 Å². The van der Waals surface area contributed by atoms with Crippen molar-refractivity contribution in [3.8, 4) is 0 Å². The van der Waals surface area contributed by atoms with Crippen molar-refractivity contribution in [3.63, 3.8) is 0 Å². The lowest BCUT2D eigenvalue weighted by Crippen LogP contribution is -2.30. The Labute approximate surface area is 73.8 Å². The summed E-state index contributed by atoms with van der Waals surface area (Å²) in [6, 6.07) is -0.474. The van der Waals surface area contributed by atoms with E-state index in [1.54, 1.807) is 0 Å². The third kappa shape index (κ3) is 2.84. The van der Waals surface area contributed by atoms with Crippen molar-refractivity contribution in [2.75, 3.05) is 0 Å². The highest BCUT2D eigenvalue weighted by Gasteiger charge is 2.42. The van der Waals surface area contributed by atoms with Crippen LogP contribution in [0.2, 0.25) is 0 Å². The maximum Gasteiger partial charge on any atom is 0.391 e. The molecule has 13 heavy (non-hydrogen) atoms. The zero-order valence-electron chi connectivity index (χ0n) is 6.97. The number of nitrogens with zero attached hydrogens (tertiary/aromatic N) is 1. The van der Waals surface area contributed by atoms with Gasteiger partial charge in [-0.2, -0.15) is 13.2 Å². The lowest BCUT2D eigenvalue weighted by atomic mass is 9.85. The normalized spacial score (nSPS) is 29.5. The van der Waals surface area contributed by atoms with Gasteiger partial charge in [-0.25, -0.2) is 9.79 Å². The van der Waals surface area contributed by atoms with Crippen LogP contribution in [0.3, 0.4) is 0 Å². The number of isocyanates is 1. The maximum atomic E-state index is 12.2. The zero-order valence-corrected chi connectivity index (χ0v) is 6.97. The van der Waals surface area contributed by atoms with Crippen molar-refractivity contribution in [3.05, 3.63) is 0 Å². The van der Waals surface area contributed by atoms with Crippen LogP contribution in [-0.4, -0.2) is 18.3 Å². The molecular formula is C8H10F3NO. The van der Waals surface area contributed by atoms with E-state index in [1.165, 1.54) is 6.08 Å². The summed E-state index contributed by atoms with van der Waals surface area (Å²) in [6.45, 7) is 0. The molecule has 74 valence electrons. The summed E-state index contributed by atoms with van der Waals surface area (Å²) in [5.41, 5.74) is 0. The molecule has 0 aromatic carbocycles. The summed E-state index contributed by atoms with van der Waals surface area (Å²) in [6.07, 6.45) is -1.66. The summed E-state index contributed by atoms with van der Waals surface area (Å²) < 4.78 is 36.6. The second-order valence-electron chi connectivity index (χ2n) is 3.28. The van der Waals surface area contributed by atoms with E-state index in [1.807, 2.05) is 0 Å². The molecule has 0 aliphatic heterocycles. The predicted molar refractivity (Wildman–Crippen MR) is 39.9 cm³/mol. The van der Waals surface area contributed by atoms with Crippen LogP contribution in [0, 0.1) is 5.92 Å². The quantitative estimate of drug-likeness (QED) is 0.464. The number of alkyl halides is 3. The van der Waals surface area contributed by atoms with E-state index in [2.05, 4.69) is 4.99 Å². The van der Waals surface area contributed by atoms with Gasteiger partial charge in [-0.3, -0.25) is 0 Å². The van der Waals surface area contributed by atoms with E-state index in [0.29, 0.717) is 12.8 Å². The second kappa shape index (κ2) is 3.92. The molecule has 0 aromatic heterocycles. The van der Waals surface area contributed by atoms with Gasteiger partial charge in [0.15, 0.2) is 0 Å². The Morgan fingerprint density at radius 1 is 1.31 bits per heavy atom. The minimum absolute atomic E-state index is 0.0568. The Hall–Kier alpha value is -0.830. The smallest absolute Gasteiger partial charge is 0.211 e. The summed E-state index contributed by atoms with van der Waals surface area (Å²) in [7, 11) is 0. The van der Waals surface area contributed by atoms with Gasteiger partial charge in [0, 0.05) is 0 Å². The first-order chi connectivity index (χ1) is 6.04. The highest BCUT2D eigenvalue weighted by atomic mass is 19.4. The average molecular weight is 193 g/mol. The minimum Gasteiger partial charge on any atom is -0.211 e. The molecule has 1 fully saturated rings. The van der Waals surface area contributed by atoms with Crippen molar-refractivity contribution in [2.45, 2.75) is 37.9 Å². The first kappa shape index (κ1) is 10.3. The average Bonchev–Trinajstić information content (AvgIpc) is 2.04. The Balaban J connectivity index is 2.56. The number of hydrogen-bond donors (Lipinski definition) is 0. The van der Waals surface area contributed by atoms with Gasteiger partial charge in [0.1, 0.15) is 0 Å². The molecule has 1 rings (SSSR count). The Bertz CT molecular complexity index is 220. The number of rotatable bonds is 1. The van der Waals surface area contributed by atoms with Crippen LogP contribution >= 0.6 is 0 Å². The molecule has 0 bridgehead atoms. The Morgan fingerprint density at radius 2 is 2.00 bits per heavy atom. The number of halogens is 3. The molecule has 1 saturated carbocycles. The largest absolute Gasteiger partial charge is 0.391 e. The second-order valence-corrected chi connectivity index (χ2v) is 3.28. The molecule has 0 saturated heterocycles. The van der Waals surface area contributed by atoms with Crippen LogP contribution in [-0.2, 0) is 4.79 Å². The topological polar surface area (TPSA) is 29.4 Å². The molecule has 0 heterocycles. The fraction of sp³-hybridized carbons (Fsp3) is 0.875. The molecule has 2 atom stereocenters. The van der Waals surface area contributed by atoms with Gasteiger partial charge in [0.05, 0.1) is 12.0 Å². The molecule has 2 nitrogen and oxygen atoms in total. The molecule has 1 aliphatic carbocycles. The molecule has 0 amide bonds. The van der Waals surface area contributed by atoms with E-state index in [0.717, 1.165) is 0 Å². The molecular weight excluding hydrogens is 183 g/mol. The lowest BCUT2D eigenvalue weighted by molar-refractivity contribution is -0.182. The third-order valence-electron chi connectivity index (χ3n) is 2.34. The Morgan fingerprint density at radius 3 is 2.54 bits per heavy atom. The summed E-state index contributed by atoms with van der Waals surface area (Å²) in [5, 5.41) is 0. The highest BCUT2D eigenvalue weighted by molar-refractivity contribution is 5.33. The molecule has 0 spiro atoms. The predicted octanol–water partition coefficient (Wildman–Crippen LogP) is 2.44. The van der Waals surface area contributed by atoms with E-state index in [4.69, 9.17) is 0 Å². The Kier molecular flexibility index (Phi) is 3.09. The lowest BCUT2D eigenvalue weighted by Gasteiger charge is -2.27. The van der Waals surface area contributed by atoms with E-state index < -0.39 is 18.1 Å². The SMILES string of the molecule is O=C=NC1CCCC(C(F)(F)F)C1. The number of hydrogen-bond acceptors (Lipinski definition) is 2. The third-order valence-corrected chi connectivity index (χ3v) is 2.34. The van der Waals surface area contributed by atoms with Gasteiger partial charge < -0.3 is 0 Å². The maximum absolute atomic E-state index is 12.2. The van der Waals surface area contributed by atoms with Gasteiger partial charge in [0.2, 0.25) is 6.08 Å². The van der Waals surface area contributed by atoms with Crippen molar-refractivity contribution in [1.29, 1.82) is 0 Å². The zero-order chi connectivity index (χ0) is 9.90. The minimum atomic E-state index is -4.14. The van der Waals surface area contributed by atoms with E-state index in [-0.39, 0.29) is 12.8 Å².